The van der Waals surface area contributed by atoms with E-state index in [0.29, 0.717) is 12.5 Å². The molecule has 0 spiro atoms. The van der Waals surface area contributed by atoms with Crippen molar-refractivity contribution in [1.82, 2.24) is 14.9 Å². The lowest BCUT2D eigenvalue weighted by molar-refractivity contribution is 0.203. The van der Waals surface area contributed by atoms with Gasteiger partial charge in [-0.25, -0.2) is 4.98 Å². The molecule has 0 bridgehead atoms. The highest BCUT2D eigenvalue weighted by atomic mass is 16.5. The topological polar surface area (TPSA) is 38.2 Å². The van der Waals surface area contributed by atoms with Crippen molar-refractivity contribution in [2.75, 3.05) is 26.2 Å². The van der Waals surface area contributed by atoms with Gasteiger partial charge in [-0.1, -0.05) is 36.8 Å². The molecule has 1 aliphatic heterocycles. The maximum absolute atomic E-state index is 5.86. The first-order valence-corrected chi connectivity index (χ1v) is 8.57. The van der Waals surface area contributed by atoms with Gasteiger partial charge in [-0.2, -0.15) is 4.98 Å². The number of rotatable bonds is 6. The third-order valence-corrected chi connectivity index (χ3v) is 4.18. The van der Waals surface area contributed by atoms with Gasteiger partial charge in [0.25, 0.3) is 0 Å². The summed E-state index contributed by atoms with van der Waals surface area (Å²) >= 11 is 0. The van der Waals surface area contributed by atoms with Gasteiger partial charge in [-0.05, 0) is 39.3 Å². The van der Waals surface area contributed by atoms with Crippen molar-refractivity contribution < 1.29 is 4.74 Å². The van der Waals surface area contributed by atoms with E-state index < -0.39 is 0 Å². The zero-order chi connectivity index (χ0) is 15.9. The number of piperidine rings is 1. The van der Waals surface area contributed by atoms with Crippen LogP contribution in [0.1, 0.15) is 31.4 Å². The molecule has 122 valence electrons. The maximum atomic E-state index is 5.86. The van der Waals surface area contributed by atoms with Gasteiger partial charge < -0.3 is 9.64 Å². The lowest BCUT2D eigenvalue weighted by Gasteiger charge is -2.26. The Bertz CT molecular complexity index is 609. The summed E-state index contributed by atoms with van der Waals surface area (Å²) in [7, 11) is 0. The number of benzene rings is 1. The van der Waals surface area contributed by atoms with Crippen molar-refractivity contribution in [2.45, 2.75) is 32.6 Å². The average molecular weight is 311 g/mol. The molecular formula is C19H25N3O. The Labute approximate surface area is 138 Å². The second kappa shape index (κ2) is 8.06. The molecule has 1 aromatic heterocycles. The summed E-state index contributed by atoms with van der Waals surface area (Å²) in [6.45, 7) is 6.29. The van der Waals surface area contributed by atoms with E-state index in [1.807, 2.05) is 43.3 Å². The zero-order valence-electron chi connectivity index (χ0n) is 13.9. The Morgan fingerprint density at radius 1 is 1.04 bits per heavy atom. The number of aromatic nitrogens is 2. The maximum Gasteiger partial charge on any atom is 0.217 e. The lowest BCUT2D eigenvalue weighted by Crippen LogP contribution is -2.31. The minimum Gasteiger partial charge on any atom is -0.478 e. The van der Waals surface area contributed by atoms with E-state index in [1.54, 1.807) is 0 Å². The van der Waals surface area contributed by atoms with Gasteiger partial charge in [-0.15, -0.1) is 0 Å². The van der Waals surface area contributed by atoms with E-state index in [1.165, 1.54) is 32.4 Å². The molecule has 1 saturated heterocycles. The van der Waals surface area contributed by atoms with Crippen LogP contribution in [0.5, 0.6) is 5.88 Å². The largest absolute Gasteiger partial charge is 0.478 e. The van der Waals surface area contributed by atoms with Gasteiger partial charge in [0, 0.05) is 23.9 Å². The highest BCUT2D eigenvalue weighted by Gasteiger charge is 2.10. The van der Waals surface area contributed by atoms with E-state index >= 15 is 0 Å². The van der Waals surface area contributed by atoms with Crippen LogP contribution in [0, 0.1) is 6.92 Å². The Hall–Kier alpha value is -1.94. The predicted octanol–water partition coefficient (Wildman–Crippen LogP) is 3.71. The predicted molar refractivity (Wildman–Crippen MR) is 92.6 cm³/mol. The summed E-state index contributed by atoms with van der Waals surface area (Å²) < 4.78 is 5.86. The molecule has 4 heteroatoms. The number of ether oxygens (including phenoxy) is 1. The van der Waals surface area contributed by atoms with Crippen LogP contribution in [-0.4, -0.2) is 41.1 Å². The van der Waals surface area contributed by atoms with Crippen LogP contribution in [0.25, 0.3) is 11.4 Å². The molecule has 0 radical (unpaired) electrons. The third-order valence-electron chi connectivity index (χ3n) is 4.18. The fourth-order valence-electron chi connectivity index (χ4n) is 2.98. The van der Waals surface area contributed by atoms with Crippen LogP contribution in [-0.2, 0) is 0 Å². The summed E-state index contributed by atoms with van der Waals surface area (Å²) in [4.78, 5) is 11.6. The number of aryl methyl sites for hydroxylation is 1. The molecule has 1 fully saturated rings. The smallest absolute Gasteiger partial charge is 0.217 e. The van der Waals surface area contributed by atoms with E-state index in [0.717, 1.165) is 30.0 Å². The lowest BCUT2D eigenvalue weighted by atomic mass is 10.1. The first kappa shape index (κ1) is 15.9. The van der Waals surface area contributed by atoms with Crippen LogP contribution in [0.15, 0.2) is 36.4 Å². The minimum atomic E-state index is 0.676. The van der Waals surface area contributed by atoms with Gasteiger partial charge in [-0.3, -0.25) is 0 Å². The third kappa shape index (κ3) is 4.76. The molecule has 3 rings (SSSR count). The van der Waals surface area contributed by atoms with Gasteiger partial charge >= 0.3 is 0 Å². The Kier molecular flexibility index (Phi) is 5.59. The molecule has 0 aliphatic carbocycles. The zero-order valence-corrected chi connectivity index (χ0v) is 13.9. The van der Waals surface area contributed by atoms with Crippen molar-refractivity contribution in [3.05, 3.63) is 42.1 Å². The summed E-state index contributed by atoms with van der Waals surface area (Å²) in [6.07, 6.45) is 5.11. The number of hydrogen-bond acceptors (Lipinski definition) is 4. The van der Waals surface area contributed by atoms with E-state index in [-0.39, 0.29) is 0 Å². The molecule has 23 heavy (non-hydrogen) atoms. The summed E-state index contributed by atoms with van der Waals surface area (Å²) in [5.41, 5.74) is 1.96. The highest BCUT2D eigenvalue weighted by molar-refractivity contribution is 5.55. The van der Waals surface area contributed by atoms with Crippen molar-refractivity contribution >= 4 is 0 Å². The van der Waals surface area contributed by atoms with E-state index in [2.05, 4.69) is 14.9 Å². The van der Waals surface area contributed by atoms with Gasteiger partial charge in [0.15, 0.2) is 5.82 Å². The van der Waals surface area contributed by atoms with Crippen LogP contribution in [0.2, 0.25) is 0 Å². The number of nitrogens with zero attached hydrogens (tertiary/aromatic N) is 3. The minimum absolute atomic E-state index is 0.676. The fourth-order valence-corrected chi connectivity index (χ4v) is 2.98. The first-order chi connectivity index (χ1) is 11.3. The van der Waals surface area contributed by atoms with Gasteiger partial charge in [0.2, 0.25) is 5.88 Å². The van der Waals surface area contributed by atoms with Gasteiger partial charge in [0.1, 0.15) is 0 Å². The van der Waals surface area contributed by atoms with E-state index in [9.17, 15) is 0 Å². The SMILES string of the molecule is Cc1cc(OCCCN2CCCCC2)nc(-c2ccccc2)n1. The van der Waals surface area contributed by atoms with Crippen molar-refractivity contribution in [1.29, 1.82) is 0 Å². The number of hydrogen-bond donors (Lipinski definition) is 0. The second-order valence-electron chi connectivity index (χ2n) is 6.14. The highest BCUT2D eigenvalue weighted by Crippen LogP contribution is 2.18. The normalized spacial score (nSPS) is 15.5. The molecule has 0 N–H and O–H groups in total. The van der Waals surface area contributed by atoms with Crippen LogP contribution >= 0.6 is 0 Å². The average Bonchev–Trinajstić information content (AvgIpc) is 2.60. The molecular weight excluding hydrogens is 286 g/mol. The molecule has 0 saturated carbocycles. The van der Waals surface area contributed by atoms with E-state index in [4.69, 9.17) is 4.74 Å². The molecule has 0 unspecified atom stereocenters. The Morgan fingerprint density at radius 2 is 1.83 bits per heavy atom. The molecule has 2 heterocycles. The molecule has 2 aromatic rings. The Morgan fingerprint density at radius 3 is 2.61 bits per heavy atom. The Balaban J connectivity index is 1.54. The van der Waals surface area contributed by atoms with Crippen molar-refractivity contribution in [3.8, 4) is 17.3 Å². The molecule has 0 amide bonds. The summed E-state index contributed by atoms with van der Waals surface area (Å²) in [6, 6.07) is 12.0. The summed E-state index contributed by atoms with van der Waals surface area (Å²) in [5, 5.41) is 0. The van der Waals surface area contributed by atoms with Crippen molar-refractivity contribution in [2.24, 2.45) is 0 Å². The first-order valence-electron chi connectivity index (χ1n) is 8.57. The number of likely N-dealkylation sites (tertiary alicyclic amines) is 1. The van der Waals surface area contributed by atoms with Crippen molar-refractivity contribution in [3.63, 3.8) is 0 Å². The quantitative estimate of drug-likeness (QED) is 0.762. The van der Waals surface area contributed by atoms with Crippen LogP contribution in [0.4, 0.5) is 0 Å². The molecule has 1 aromatic carbocycles. The standard InChI is InChI=1S/C19H25N3O/c1-16-15-18(21-19(20-16)17-9-4-2-5-10-17)23-14-8-13-22-11-6-3-7-12-22/h2,4-5,9-10,15H,3,6-8,11-14H2,1H3. The van der Waals surface area contributed by atoms with Gasteiger partial charge in [0.05, 0.1) is 6.61 Å². The molecule has 1 aliphatic rings. The monoisotopic (exact) mass is 311 g/mol. The molecule has 0 atom stereocenters. The second-order valence-corrected chi connectivity index (χ2v) is 6.14. The van der Waals surface area contributed by atoms with Crippen LogP contribution < -0.4 is 4.74 Å². The molecule has 4 nitrogen and oxygen atoms in total. The van der Waals surface area contributed by atoms with Crippen LogP contribution in [0.3, 0.4) is 0 Å². The summed E-state index contributed by atoms with van der Waals surface area (Å²) in [5.74, 6) is 1.41. The fraction of sp³-hybridized carbons (Fsp3) is 0.474.